The van der Waals surface area contributed by atoms with Crippen LogP contribution in [-0.2, 0) is 4.79 Å². The Hall–Kier alpha value is -1.23. The highest BCUT2D eigenvalue weighted by Gasteiger charge is 2.31. The molecule has 0 aliphatic heterocycles. The molecule has 0 radical (unpaired) electrons. The summed E-state index contributed by atoms with van der Waals surface area (Å²) < 4.78 is 0. The van der Waals surface area contributed by atoms with Gasteiger partial charge in [0.1, 0.15) is 0 Å². The highest BCUT2D eigenvalue weighted by atomic mass is 32.2. The van der Waals surface area contributed by atoms with Gasteiger partial charge in [-0.3, -0.25) is 4.79 Å². The number of thioether (sulfide) groups is 2. The number of hydrogen-bond donors (Lipinski definition) is 1. The van der Waals surface area contributed by atoms with Crippen molar-refractivity contribution in [3.8, 4) is 0 Å². The first kappa shape index (κ1) is 20.1. The molecular weight excluding hydrogens is 348 g/mol. The fraction of sp³-hybridized carbons (Fsp3) is 0.381. The summed E-state index contributed by atoms with van der Waals surface area (Å²) in [4.78, 5) is 14.6. The maximum atomic E-state index is 12.6. The smallest absolute Gasteiger partial charge is 0.199 e. The van der Waals surface area contributed by atoms with Gasteiger partial charge >= 0.3 is 0 Å². The normalized spacial score (nSPS) is 14.9. The lowest BCUT2D eigenvalue weighted by molar-refractivity contribution is -0.117. The van der Waals surface area contributed by atoms with Crippen molar-refractivity contribution in [2.45, 2.75) is 48.3 Å². The monoisotopic (exact) mass is 374 g/mol. The molecule has 3 atom stereocenters. The number of aliphatic hydroxyl groups is 1. The van der Waals surface area contributed by atoms with Crippen LogP contribution in [0.5, 0.6) is 0 Å². The molecule has 0 aliphatic rings. The molecule has 4 heteroatoms. The number of carbonyl (C=O) groups excluding carboxylic acids is 1. The third-order valence-corrected chi connectivity index (χ3v) is 6.36. The Morgan fingerprint density at radius 1 is 0.920 bits per heavy atom. The predicted molar refractivity (Wildman–Crippen MR) is 108 cm³/mol. The second-order valence-corrected chi connectivity index (χ2v) is 9.00. The van der Waals surface area contributed by atoms with Crippen molar-refractivity contribution in [1.29, 1.82) is 0 Å². The highest BCUT2D eigenvalue weighted by molar-refractivity contribution is 8.13. The standard InChI is InChI=1S/C21H26O2S2/c1-15(2)14-19(24-17-10-6-4-7-11-17)20(22)16(3)21(23)25-18-12-8-5-9-13-18/h4-13,15-16,19-20,22H,14H2,1-3H3/t16-,19+,20-/m0/s1. The van der Waals surface area contributed by atoms with Crippen molar-refractivity contribution in [1.82, 2.24) is 0 Å². The molecule has 1 N–H and O–H groups in total. The molecule has 0 amide bonds. The first-order valence-corrected chi connectivity index (χ1v) is 10.3. The Kier molecular flexibility index (Phi) is 8.07. The van der Waals surface area contributed by atoms with Gasteiger partial charge in [0.05, 0.1) is 12.0 Å². The zero-order valence-corrected chi connectivity index (χ0v) is 16.6. The van der Waals surface area contributed by atoms with Gasteiger partial charge in [-0.15, -0.1) is 11.8 Å². The van der Waals surface area contributed by atoms with E-state index in [0.29, 0.717) is 5.92 Å². The minimum absolute atomic E-state index is 0.00211. The van der Waals surface area contributed by atoms with Crippen LogP contribution in [0.1, 0.15) is 27.2 Å². The van der Waals surface area contributed by atoms with Crippen LogP contribution in [-0.4, -0.2) is 21.6 Å². The van der Waals surface area contributed by atoms with E-state index in [4.69, 9.17) is 0 Å². The molecule has 2 rings (SSSR count). The Morgan fingerprint density at radius 2 is 1.44 bits per heavy atom. The molecule has 2 aromatic rings. The van der Waals surface area contributed by atoms with E-state index in [1.54, 1.807) is 11.8 Å². The molecule has 0 aliphatic carbocycles. The van der Waals surface area contributed by atoms with Gasteiger partial charge < -0.3 is 5.11 Å². The summed E-state index contributed by atoms with van der Waals surface area (Å²) in [6.07, 6.45) is 0.199. The van der Waals surface area contributed by atoms with Gasteiger partial charge in [-0.05, 0) is 36.6 Å². The molecule has 0 heterocycles. The predicted octanol–water partition coefficient (Wildman–Crippen LogP) is 5.51. The average Bonchev–Trinajstić information content (AvgIpc) is 2.61. The summed E-state index contributed by atoms with van der Waals surface area (Å²) in [5, 5.41) is 10.9. The molecule has 2 nitrogen and oxygen atoms in total. The lowest BCUT2D eigenvalue weighted by Crippen LogP contribution is -2.34. The van der Waals surface area contributed by atoms with Crippen LogP contribution in [0.3, 0.4) is 0 Å². The van der Waals surface area contributed by atoms with E-state index in [9.17, 15) is 9.90 Å². The van der Waals surface area contributed by atoms with E-state index in [0.717, 1.165) is 16.2 Å². The summed E-state index contributed by atoms with van der Waals surface area (Å²) in [7, 11) is 0. The van der Waals surface area contributed by atoms with E-state index in [1.165, 1.54) is 11.8 Å². The summed E-state index contributed by atoms with van der Waals surface area (Å²) >= 11 is 2.88. The summed E-state index contributed by atoms with van der Waals surface area (Å²) in [5.41, 5.74) is 0. The highest BCUT2D eigenvalue weighted by Crippen LogP contribution is 2.34. The molecule has 0 bridgehead atoms. The fourth-order valence-corrected chi connectivity index (χ4v) is 4.93. The molecule has 134 valence electrons. The molecule has 25 heavy (non-hydrogen) atoms. The summed E-state index contributed by atoms with van der Waals surface area (Å²) in [5.74, 6) is 0.0464. The molecular formula is C21H26O2S2. The minimum atomic E-state index is -0.670. The van der Waals surface area contributed by atoms with Crippen LogP contribution < -0.4 is 0 Å². The molecule has 0 spiro atoms. The third-order valence-electron chi connectivity index (χ3n) is 3.96. The van der Waals surface area contributed by atoms with Crippen molar-refractivity contribution >= 4 is 28.6 Å². The van der Waals surface area contributed by atoms with Gasteiger partial charge in [0.25, 0.3) is 0 Å². The number of rotatable bonds is 8. The van der Waals surface area contributed by atoms with Crippen molar-refractivity contribution in [3.63, 3.8) is 0 Å². The molecule has 0 aromatic heterocycles. The Bertz CT molecular complexity index is 643. The summed E-state index contributed by atoms with van der Waals surface area (Å²) in [6, 6.07) is 19.7. The fourth-order valence-electron chi connectivity index (χ4n) is 2.55. The summed E-state index contributed by atoms with van der Waals surface area (Å²) in [6.45, 7) is 6.13. The minimum Gasteiger partial charge on any atom is -0.391 e. The van der Waals surface area contributed by atoms with E-state index in [-0.39, 0.29) is 10.4 Å². The zero-order valence-electron chi connectivity index (χ0n) is 15.0. The van der Waals surface area contributed by atoms with Gasteiger partial charge in [-0.25, -0.2) is 0 Å². The van der Waals surface area contributed by atoms with Crippen molar-refractivity contribution in [2.24, 2.45) is 11.8 Å². The number of benzene rings is 2. The molecule has 2 aromatic carbocycles. The van der Waals surface area contributed by atoms with E-state index < -0.39 is 12.0 Å². The topological polar surface area (TPSA) is 37.3 Å². The zero-order chi connectivity index (χ0) is 18.2. The van der Waals surface area contributed by atoms with E-state index in [1.807, 2.05) is 55.5 Å². The van der Waals surface area contributed by atoms with Gasteiger partial charge in [0, 0.05) is 15.0 Å². The molecule has 0 unspecified atom stereocenters. The Balaban J connectivity index is 2.05. The van der Waals surface area contributed by atoms with Crippen LogP contribution >= 0.6 is 23.5 Å². The third kappa shape index (κ3) is 6.53. The average molecular weight is 375 g/mol. The lowest BCUT2D eigenvalue weighted by Gasteiger charge is -2.27. The first-order chi connectivity index (χ1) is 12.0. The van der Waals surface area contributed by atoms with Crippen molar-refractivity contribution < 1.29 is 9.90 Å². The van der Waals surface area contributed by atoms with E-state index in [2.05, 4.69) is 26.0 Å². The number of carbonyl (C=O) groups is 1. The second kappa shape index (κ2) is 10.0. The van der Waals surface area contributed by atoms with Crippen LogP contribution in [0.4, 0.5) is 0 Å². The number of aliphatic hydroxyl groups excluding tert-OH is 1. The molecule has 0 fully saturated rings. The second-order valence-electron chi connectivity index (χ2n) is 6.61. The van der Waals surface area contributed by atoms with Crippen LogP contribution in [0.2, 0.25) is 0 Å². The molecule has 0 saturated heterocycles. The van der Waals surface area contributed by atoms with Gasteiger partial charge in [0.2, 0.25) is 0 Å². The Morgan fingerprint density at radius 3 is 1.96 bits per heavy atom. The van der Waals surface area contributed by atoms with Crippen molar-refractivity contribution in [3.05, 3.63) is 60.7 Å². The van der Waals surface area contributed by atoms with Crippen molar-refractivity contribution in [2.75, 3.05) is 0 Å². The maximum absolute atomic E-state index is 12.6. The van der Waals surface area contributed by atoms with Crippen LogP contribution in [0.15, 0.2) is 70.5 Å². The lowest BCUT2D eigenvalue weighted by atomic mass is 9.97. The maximum Gasteiger partial charge on any atom is 0.199 e. The quantitative estimate of drug-likeness (QED) is 0.618. The molecule has 0 saturated carbocycles. The van der Waals surface area contributed by atoms with Gasteiger partial charge in [-0.1, -0.05) is 68.9 Å². The van der Waals surface area contributed by atoms with Crippen LogP contribution in [0.25, 0.3) is 0 Å². The Labute approximate surface area is 159 Å². The van der Waals surface area contributed by atoms with Crippen LogP contribution in [0, 0.1) is 11.8 Å². The first-order valence-electron chi connectivity index (χ1n) is 8.64. The van der Waals surface area contributed by atoms with Gasteiger partial charge in [0.15, 0.2) is 5.12 Å². The SMILES string of the molecule is CC(C)C[C@@H](Sc1ccccc1)[C@@H](O)[C@H](C)C(=O)Sc1ccccc1. The number of hydrogen-bond acceptors (Lipinski definition) is 4. The van der Waals surface area contributed by atoms with Gasteiger partial charge in [-0.2, -0.15) is 0 Å². The largest absolute Gasteiger partial charge is 0.391 e. The van der Waals surface area contributed by atoms with E-state index >= 15 is 0 Å².